The molecule has 108 valence electrons. The Morgan fingerprint density at radius 3 is 2.55 bits per heavy atom. The molecule has 1 atom stereocenters. The van der Waals surface area contributed by atoms with Crippen molar-refractivity contribution in [1.82, 2.24) is 10.6 Å². The van der Waals surface area contributed by atoms with Gasteiger partial charge in [0.1, 0.15) is 5.82 Å². The van der Waals surface area contributed by atoms with Gasteiger partial charge >= 0.3 is 12.0 Å². The van der Waals surface area contributed by atoms with Crippen LogP contribution in [0.5, 0.6) is 0 Å². The fraction of sp³-hybridized carbons (Fsp3) is 0.250. The molecule has 0 aliphatic rings. The standard InChI is InChI=1S/C12H13FN2O4S/c1-6(10(16)15-12(19)14-2)20-7-3-4-9(13)8(5-7)11(17)18/h3-6H,1-2H3,(H,17,18)(H2,14,15,16,19). The van der Waals surface area contributed by atoms with Gasteiger partial charge < -0.3 is 10.4 Å². The first-order valence-electron chi connectivity index (χ1n) is 5.57. The zero-order chi connectivity index (χ0) is 15.3. The Hall–Kier alpha value is -2.09. The number of urea groups is 1. The number of halogens is 1. The van der Waals surface area contributed by atoms with Gasteiger partial charge in [0.05, 0.1) is 10.8 Å². The lowest BCUT2D eigenvalue weighted by Gasteiger charge is -2.11. The van der Waals surface area contributed by atoms with Crippen molar-refractivity contribution in [3.8, 4) is 0 Å². The van der Waals surface area contributed by atoms with E-state index in [4.69, 9.17) is 5.11 Å². The van der Waals surface area contributed by atoms with Crippen LogP contribution in [-0.2, 0) is 4.79 Å². The normalized spacial score (nSPS) is 11.6. The highest BCUT2D eigenvalue weighted by molar-refractivity contribution is 8.00. The lowest BCUT2D eigenvalue weighted by molar-refractivity contribution is -0.119. The molecule has 1 unspecified atom stereocenters. The Balaban J connectivity index is 2.78. The van der Waals surface area contributed by atoms with Crippen molar-refractivity contribution in [3.05, 3.63) is 29.6 Å². The molecule has 20 heavy (non-hydrogen) atoms. The van der Waals surface area contributed by atoms with Crippen LogP contribution in [0.4, 0.5) is 9.18 Å². The zero-order valence-corrected chi connectivity index (χ0v) is 11.6. The Bertz CT molecular complexity index is 550. The molecule has 1 aromatic carbocycles. The molecule has 0 bridgehead atoms. The molecule has 0 radical (unpaired) electrons. The topological polar surface area (TPSA) is 95.5 Å². The average Bonchev–Trinajstić information content (AvgIpc) is 2.40. The number of carbonyl (C=O) groups is 3. The number of carboxylic acid groups (broad SMARTS) is 1. The highest BCUT2D eigenvalue weighted by atomic mass is 32.2. The molecule has 0 saturated heterocycles. The molecule has 8 heteroatoms. The average molecular weight is 300 g/mol. The third-order valence-electron chi connectivity index (χ3n) is 2.31. The molecule has 3 amide bonds. The number of hydrogen-bond donors (Lipinski definition) is 3. The summed E-state index contributed by atoms with van der Waals surface area (Å²) in [6.07, 6.45) is 0. The number of amides is 3. The molecule has 1 rings (SSSR count). The Labute approximate surface area is 118 Å². The number of benzene rings is 1. The summed E-state index contributed by atoms with van der Waals surface area (Å²) in [7, 11) is 1.37. The van der Waals surface area contributed by atoms with E-state index in [0.29, 0.717) is 4.90 Å². The van der Waals surface area contributed by atoms with E-state index in [0.717, 1.165) is 23.9 Å². The predicted octanol–water partition coefficient (Wildman–Crippen LogP) is 1.46. The van der Waals surface area contributed by atoms with Gasteiger partial charge in [0.15, 0.2) is 0 Å². The van der Waals surface area contributed by atoms with E-state index in [-0.39, 0.29) is 0 Å². The highest BCUT2D eigenvalue weighted by Gasteiger charge is 2.18. The van der Waals surface area contributed by atoms with E-state index < -0.39 is 34.5 Å². The van der Waals surface area contributed by atoms with E-state index in [1.807, 2.05) is 0 Å². The summed E-state index contributed by atoms with van der Waals surface area (Å²) >= 11 is 1.02. The highest BCUT2D eigenvalue weighted by Crippen LogP contribution is 2.25. The summed E-state index contributed by atoms with van der Waals surface area (Å²) < 4.78 is 13.2. The Kier molecular flexibility index (Phi) is 5.51. The van der Waals surface area contributed by atoms with Crippen LogP contribution in [-0.4, -0.2) is 35.3 Å². The van der Waals surface area contributed by atoms with Gasteiger partial charge in [-0.3, -0.25) is 10.1 Å². The maximum Gasteiger partial charge on any atom is 0.338 e. The van der Waals surface area contributed by atoms with Crippen molar-refractivity contribution >= 4 is 29.7 Å². The minimum atomic E-state index is -1.38. The molecule has 0 aliphatic heterocycles. The first-order valence-corrected chi connectivity index (χ1v) is 6.45. The van der Waals surface area contributed by atoms with Crippen molar-refractivity contribution in [3.63, 3.8) is 0 Å². The molecule has 0 fully saturated rings. The van der Waals surface area contributed by atoms with Crippen LogP contribution in [0, 0.1) is 5.82 Å². The molecule has 0 aromatic heterocycles. The van der Waals surface area contributed by atoms with Crippen molar-refractivity contribution < 1.29 is 23.9 Å². The summed E-state index contributed by atoms with van der Waals surface area (Å²) in [5, 5.41) is 12.5. The summed E-state index contributed by atoms with van der Waals surface area (Å²) in [6, 6.07) is 2.91. The molecule has 0 aliphatic carbocycles. The van der Waals surface area contributed by atoms with E-state index >= 15 is 0 Å². The summed E-state index contributed by atoms with van der Waals surface area (Å²) in [6.45, 7) is 1.55. The van der Waals surface area contributed by atoms with Gasteiger partial charge in [-0.25, -0.2) is 14.0 Å². The number of aromatic carboxylic acids is 1. The molecule has 6 nitrogen and oxygen atoms in total. The van der Waals surface area contributed by atoms with Crippen LogP contribution >= 0.6 is 11.8 Å². The first-order chi connectivity index (χ1) is 9.35. The third kappa shape index (κ3) is 4.23. The largest absolute Gasteiger partial charge is 0.478 e. The fourth-order valence-electron chi connectivity index (χ4n) is 1.28. The zero-order valence-electron chi connectivity index (χ0n) is 10.8. The molecule has 0 saturated carbocycles. The van der Waals surface area contributed by atoms with Gasteiger partial charge in [0.25, 0.3) is 0 Å². The van der Waals surface area contributed by atoms with E-state index in [1.165, 1.54) is 13.1 Å². The second-order valence-corrected chi connectivity index (χ2v) is 5.19. The molecular weight excluding hydrogens is 287 g/mol. The molecule has 3 N–H and O–H groups in total. The third-order valence-corrected chi connectivity index (χ3v) is 3.41. The van der Waals surface area contributed by atoms with Crippen LogP contribution in [0.25, 0.3) is 0 Å². The number of carboxylic acids is 1. The van der Waals surface area contributed by atoms with Crippen LogP contribution in [0.3, 0.4) is 0 Å². The van der Waals surface area contributed by atoms with E-state index in [2.05, 4.69) is 10.6 Å². The van der Waals surface area contributed by atoms with Crippen LogP contribution in [0.2, 0.25) is 0 Å². The second-order valence-electron chi connectivity index (χ2n) is 3.78. The molecular formula is C12H13FN2O4S. The lowest BCUT2D eigenvalue weighted by Crippen LogP contribution is -2.41. The minimum Gasteiger partial charge on any atom is -0.478 e. The first kappa shape index (κ1) is 16.0. The van der Waals surface area contributed by atoms with Gasteiger partial charge in [0.2, 0.25) is 5.91 Å². The van der Waals surface area contributed by atoms with Crippen LogP contribution in [0.1, 0.15) is 17.3 Å². The summed E-state index contributed by atoms with van der Waals surface area (Å²) in [5.41, 5.74) is -0.464. The van der Waals surface area contributed by atoms with Crippen molar-refractivity contribution in [2.45, 2.75) is 17.1 Å². The SMILES string of the molecule is CNC(=O)NC(=O)C(C)Sc1ccc(F)c(C(=O)O)c1. The Morgan fingerprint density at radius 2 is 2.00 bits per heavy atom. The minimum absolute atomic E-state index is 0.420. The monoisotopic (exact) mass is 300 g/mol. The number of carbonyl (C=O) groups excluding carboxylic acids is 2. The van der Waals surface area contributed by atoms with Crippen molar-refractivity contribution in [2.75, 3.05) is 7.05 Å². The van der Waals surface area contributed by atoms with Gasteiger partial charge in [-0.05, 0) is 25.1 Å². The van der Waals surface area contributed by atoms with Gasteiger partial charge in [-0.1, -0.05) is 0 Å². The van der Waals surface area contributed by atoms with E-state index in [9.17, 15) is 18.8 Å². The number of nitrogens with one attached hydrogen (secondary N) is 2. The van der Waals surface area contributed by atoms with Crippen LogP contribution < -0.4 is 10.6 Å². The van der Waals surface area contributed by atoms with E-state index in [1.54, 1.807) is 6.92 Å². The maximum absolute atomic E-state index is 13.2. The quantitative estimate of drug-likeness (QED) is 0.732. The molecule has 0 spiro atoms. The number of thioether (sulfide) groups is 1. The lowest BCUT2D eigenvalue weighted by atomic mass is 10.2. The summed E-state index contributed by atoms with van der Waals surface area (Å²) in [5.74, 6) is -2.76. The van der Waals surface area contributed by atoms with Gasteiger partial charge in [-0.2, -0.15) is 0 Å². The molecule has 0 heterocycles. The fourth-order valence-corrected chi connectivity index (χ4v) is 2.18. The smallest absolute Gasteiger partial charge is 0.338 e. The van der Waals surface area contributed by atoms with Crippen molar-refractivity contribution in [2.24, 2.45) is 0 Å². The number of imide groups is 1. The van der Waals surface area contributed by atoms with Crippen molar-refractivity contribution in [1.29, 1.82) is 0 Å². The number of rotatable bonds is 4. The summed E-state index contributed by atoms with van der Waals surface area (Å²) in [4.78, 5) is 33.8. The number of hydrogen-bond acceptors (Lipinski definition) is 4. The predicted molar refractivity (Wildman–Crippen MR) is 71.3 cm³/mol. The van der Waals surface area contributed by atoms with Gasteiger partial charge in [0, 0.05) is 11.9 Å². The maximum atomic E-state index is 13.2. The van der Waals surface area contributed by atoms with Crippen LogP contribution in [0.15, 0.2) is 23.1 Å². The second kappa shape index (κ2) is 6.90. The van der Waals surface area contributed by atoms with Gasteiger partial charge in [-0.15, -0.1) is 11.8 Å². The molecule has 1 aromatic rings. The Morgan fingerprint density at radius 1 is 1.35 bits per heavy atom.